The molecule has 2 rings (SSSR count). The average Bonchev–Trinajstić information content (AvgIpc) is 2.22. The number of hydrogen-bond acceptors (Lipinski definition) is 1. The molecule has 0 aliphatic heterocycles. The summed E-state index contributed by atoms with van der Waals surface area (Å²) < 4.78 is 0.863. The fourth-order valence-corrected chi connectivity index (χ4v) is 1.71. The zero-order chi connectivity index (χ0) is 10.8. The van der Waals surface area contributed by atoms with Crippen LogP contribution in [0.3, 0.4) is 0 Å². The summed E-state index contributed by atoms with van der Waals surface area (Å²) in [6, 6.07) is 10.3. The van der Waals surface area contributed by atoms with Gasteiger partial charge in [-0.15, -0.1) is 0 Å². The monoisotopic (exact) mass is 215 g/mol. The normalized spacial score (nSPS) is 10.3. The summed E-state index contributed by atoms with van der Waals surface area (Å²) in [5.74, 6) is 0. The molecule has 0 aliphatic rings. The number of aryl methyl sites for hydroxylation is 2. The van der Waals surface area contributed by atoms with E-state index in [4.69, 9.17) is 12.2 Å². The number of H-pyrrole nitrogens is 1. The first kappa shape index (κ1) is 10.1. The molecule has 0 saturated carbocycles. The predicted molar refractivity (Wildman–Crippen MR) is 66.5 cm³/mol. The molecule has 0 aliphatic carbocycles. The topological polar surface area (TPSA) is 15.8 Å². The maximum absolute atomic E-state index is 5.14. The molecular weight excluding hydrogens is 202 g/mol. The highest BCUT2D eigenvalue weighted by Crippen LogP contribution is 2.19. The van der Waals surface area contributed by atoms with E-state index in [1.54, 1.807) is 0 Å². The van der Waals surface area contributed by atoms with Crippen molar-refractivity contribution >= 4 is 12.2 Å². The van der Waals surface area contributed by atoms with Crippen LogP contribution in [0.5, 0.6) is 0 Å². The van der Waals surface area contributed by atoms with Gasteiger partial charge < -0.3 is 4.98 Å². The lowest BCUT2D eigenvalue weighted by atomic mass is 10.0. The molecule has 1 nitrogen and oxygen atoms in total. The lowest BCUT2D eigenvalue weighted by molar-refractivity contribution is 1.29. The smallest absolute Gasteiger partial charge is 0.0467 e. The van der Waals surface area contributed by atoms with Gasteiger partial charge in [-0.1, -0.05) is 24.4 Å². The van der Waals surface area contributed by atoms with Crippen LogP contribution in [0.1, 0.15) is 11.1 Å². The minimum atomic E-state index is 0.863. The van der Waals surface area contributed by atoms with Gasteiger partial charge in [0.2, 0.25) is 0 Å². The number of benzene rings is 1. The number of aromatic amines is 1. The van der Waals surface area contributed by atoms with Crippen LogP contribution in [0.2, 0.25) is 0 Å². The first-order valence-electron chi connectivity index (χ1n) is 4.93. The van der Waals surface area contributed by atoms with Crippen LogP contribution in [0.15, 0.2) is 36.5 Å². The molecule has 2 heteroatoms. The van der Waals surface area contributed by atoms with E-state index in [1.165, 1.54) is 16.7 Å². The van der Waals surface area contributed by atoms with Crippen LogP contribution in [0.4, 0.5) is 0 Å². The molecule has 15 heavy (non-hydrogen) atoms. The summed E-state index contributed by atoms with van der Waals surface area (Å²) in [6.07, 6.45) is 1.88. The maximum Gasteiger partial charge on any atom is 0.0467 e. The van der Waals surface area contributed by atoms with Crippen LogP contribution in [0.25, 0.3) is 11.3 Å². The summed E-state index contributed by atoms with van der Waals surface area (Å²) in [6.45, 7) is 4.24. The Labute approximate surface area is 94.8 Å². The highest BCUT2D eigenvalue weighted by atomic mass is 32.1. The van der Waals surface area contributed by atoms with Gasteiger partial charge in [-0.05, 0) is 48.7 Å². The van der Waals surface area contributed by atoms with Crippen LogP contribution >= 0.6 is 12.2 Å². The van der Waals surface area contributed by atoms with Crippen molar-refractivity contribution in [1.82, 2.24) is 4.98 Å². The van der Waals surface area contributed by atoms with Gasteiger partial charge in [0.1, 0.15) is 0 Å². The Kier molecular flexibility index (Phi) is 2.69. The molecule has 1 aromatic heterocycles. The summed E-state index contributed by atoms with van der Waals surface area (Å²) >= 11 is 5.14. The third-order valence-corrected chi connectivity index (χ3v) is 2.84. The van der Waals surface area contributed by atoms with E-state index in [1.807, 2.05) is 18.3 Å². The van der Waals surface area contributed by atoms with Crippen LogP contribution in [-0.4, -0.2) is 4.98 Å². The molecular formula is C13H13NS. The summed E-state index contributed by atoms with van der Waals surface area (Å²) in [5.41, 5.74) is 4.87. The SMILES string of the molecule is Cc1ccc(-c2cc(=S)cc[nH]2)cc1C. The molecule has 1 N–H and O–H groups in total. The molecule has 0 fully saturated rings. The van der Waals surface area contributed by atoms with Crippen molar-refractivity contribution in [3.05, 3.63) is 52.2 Å². The van der Waals surface area contributed by atoms with Crippen molar-refractivity contribution in [1.29, 1.82) is 0 Å². The number of aromatic nitrogens is 1. The zero-order valence-electron chi connectivity index (χ0n) is 8.87. The van der Waals surface area contributed by atoms with Crippen LogP contribution in [0, 0.1) is 18.4 Å². The third kappa shape index (κ3) is 2.16. The van der Waals surface area contributed by atoms with Crippen molar-refractivity contribution in [2.24, 2.45) is 0 Å². The van der Waals surface area contributed by atoms with E-state index in [-0.39, 0.29) is 0 Å². The van der Waals surface area contributed by atoms with E-state index >= 15 is 0 Å². The Bertz CT molecular complexity index is 540. The highest BCUT2D eigenvalue weighted by molar-refractivity contribution is 7.71. The Hall–Kier alpha value is -1.41. The highest BCUT2D eigenvalue weighted by Gasteiger charge is 1.99. The van der Waals surface area contributed by atoms with Gasteiger partial charge in [0.05, 0.1) is 0 Å². The number of nitrogens with one attached hydrogen (secondary N) is 1. The average molecular weight is 215 g/mol. The molecule has 2 aromatic rings. The molecule has 1 aromatic carbocycles. The van der Waals surface area contributed by atoms with Gasteiger partial charge in [0.25, 0.3) is 0 Å². The van der Waals surface area contributed by atoms with E-state index in [9.17, 15) is 0 Å². The second kappa shape index (κ2) is 3.99. The second-order valence-corrected chi connectivity index (χ2v) is 4.21. The Balaban J connectivity index is 2.55. The molecule has 0 atom stereocenters. The number of rotatable bonds is 1. The second-order valence-electron chi connectivity index (χ2n) is 3.74. The third-order valence-electron chi connectivity index (χ3n) is 2.59. The molecule has 1 heterocycles. The predicted octanol–water partition coefficient (Wildman–Crippen LogP) is 4.03. The lowest BCUT2D eigenvalue weighted by Crippen LogP contribution is -1.86. The van der Waals surface area contributed by atoms with E-state index in [2.05, 4.69) is 37.0 Å². The number of pyridine rings is 1. The minimum absolute atomic E-state index is 0.863. The molecule has 0 unspecified atom stereocenters. The van der Waals surface area contributed by atoms with Gasteiger partial charge in [0.15, 0.2) is 0 Å². The Morgan fingerprint density at radius 3 is 2.47 bits per heavy atom. The molecule has 0 radical (unpaired) electrons. The fourth-order valence-electron chi connectivity index (χ4n) is 1.52. The van der Waals surface area contributed by atoms with E-state index in [0.29, 0.717) is 0 Å². The van der Waals surface area contributed by atoms with Gasteiger partial charge in [-0.3, -0.25) is 0 Å². The first-order chi connectivity index (χ1) is 7.16. The quantitative estimate of drug-likeness (QED) is 0.710. The van der Waals surface area contributed by atoms with E-state index < -0.39 is 0 Å². The lowest BCUT2D eigenvalue weighted by Gasteiger charge is -2.05. The summed E-state index contributed by atoms with van der Waals surface area (Å²) in [5, 5.41) is 0. The Morgan fingerprint density at radius 2 is 1.80 bits per heavy atom. The molecule has 0 spiro atoms. The van der Waals surface area contributed by atoms with Crippen molar-refractivity contribution in [3.8, 4) is 11.3 Å². The van der Waals surface area contributed by atoms with Gasteiger partial charge >= 0.3 is 0 Å². The minimum Gasteiger partial charge on any atom is -0.361 e. The van der Waals surface area contributed by atoms with E-state index in [0.717, 1.165) is 10.2 Å². The zero-order valence-corrected chi connectivity index (χ0v) is 9.69. The van der Waals surface area contributed by atoms with Crippen molar-refractivity contribution in [2.75, 3.05) is 0 Å². The fraction of sp³-hybridized carbons (Fsp3) is 0.154. The largest absolute Gasteiger partial charge is 0.361 e. The van der Waals surface area contributed by atoms with Crippen LogP contribution < -0.4 is 0 Å². The standard InChI is InChI=1S/C13H13NS/c1-9-3-4-11(7-10(9)2)13-8-12(15)5-6-14-13/h3-8H,1-2H3,(H,14,15). The summed E-state index contributed by atoms with van der Waals surface area (Å²) in [7, 11) is 0. The molecule has 0 bridgehead atoms. The number of hydrogen-bond donors (Lipinski definition) is 1. The first-order valence-corrected chi connectivity index (χ1v) is 5.34. The van der Waals surface area contributed by atoms with Gasteiger partial charge in [0, 0.05) is 16.4 Å². The molecule has 0 amide bonds. The van der Waals surface area contributed by atoms with Gasteiger partial charge in [-0.25, -0.2) is 0 Å². The molecule has 76 valence electrons. The van der Waals surface area contributed by atoms with Crippen molar-refractivity contribution in [2.45, 2.75) is 13.8 Å². The maximum atomic E-state index is 5.14. The van der Waals surface area contributed by atoms with Crippen molar-refractivity contribution in [3.63, 3.8) is 0 Å². The summed E-state index contributed by atoms with van der Waals surface area (Å²) in [4.78, 5) is 3.21. The Morgan fingerprint density at radius 1 is 1.00 bits per heavy atom. The molecule has 0 saturated heterocycles. The van der Waals surface area contributed by atoms with Gasteiger partial charge in [-0.2, -0.15) is 0 Å². The van der Waals surface area contributed by atoms with Crippen LogP contribution in [-0.2, 0) is 0 Å². The van der Waals surface area contributed by atoms with Crippen molar-refractivity contribution < 1.29 is 0 Å².